The average Bonchev–Trinajstić information content (AvgIpc) is 3.55. The zero-order valence-electron chi connectivity index (χ0n) is 32.7. The van der Waals surface area contributed by atoms with Gasteiger partial charge in [-0.25, -0.2) is 0 Å². The van der Waals surface area contributed by atoms with Gasteiger partial charge in [0.1, 0.15) is 61.0 Å². The van der Waals surface area contributed by atoms with E-state index in [4.69, 9.17) is 67.6 Å². The summed E-state index contributed by atoms with van der Waals surface area (Å²) >= 11 is 0. The Bertz CT molecular complexity index is 1370. The highest BCUT2D eigenvalue weighted by molar-refractivity contribution is 5.80. The highest BCUT2D eigenvalue weighted by Crippen LogP contribution is 2.36. The molecule has 4 fully saturated rings. The van der Waals surface area contributed by atoms with E-state index in [-0.39, 0.29) is 45.2 Å². The van der Waals surface area contributed by atoms with Gasteiger partial charge in [-0.1, -0.05) is 30.3 Å². The van der Waals surface area contributed by atoms with Crippen molar-refractivity contribution in [1.29, 1.82) is 0 Å². The van der Waals surface area contributed by atoms with Gasteiger partial charge in [-0.15, -0.1) is 0 Å². The fraction of sp³-hybridized carbons (Fsp3) is 0.811. The molecule has 332 valence electrons. The number of aliphatic hydroxyl groups is 5. The number of hydrogen-bond donors (Lipinski definition) is 13. The van der Waals surface area contributed by atoms with E-state index < -0.39 is 117 Å². The zero-order valence-corrected chi connectivity index (χ0v) is 32.7. The lowest BCUT2D eigenvalue weighted by Crippen LogP contribution is -2.67. The molecule has 3 aliphatic heterocycles. The number of benzene rings is 1. The second-order valence-corrected chi connectivity index (χ2v) is 15.4. The molecule has 1 amide bonds. The van der Waals surface area contributed by atoms with Crippen LogP contribution in [0.1, 0.15) is 31.2 Å². The summed E-state index contributed by atoms with van der Waals surface area (Å²) in [5.74, 6) is -0.762. The first kappa shape index (κ1) is 47.0. The molecule has 4 aliphatic rings. The number of nitrogens with one attached hydrogen (secondary N) is 2. The van der Waals surface area contributed by atoms with Crippen molar-refractivity contribution in [2.24, 2.45) is 34.4 Å². The van der Waals surface area contributed by atoms with E-state index in [1.807, 2.05) is 30.3 Å². The lowest BCUT2D eigenvalue weighted by molar-refractivity contribution is -0.292. The Morgan fingerprint density at radius 1 is 0.793 bits per heavy atom. The maximum Gasteiger partial charge on any atom is 0.249 e. The quantitative estimate of drug-likeness (QED) is 0.0544. The number of nitrogens with two attached hydrogens (primary N) is 6. The summed E-state index contributed by atoms with van der Waals surface area (Å²) in [6.45, 7) is 0.653. The highest BCUT2D eigenvalue weighted by atomic mass is 16.8. The first-order valence-electron chi connectivity index (χ1n) is 20.2. The van der Waals surface area contributed by atoms with Crippen LogP contribution in [0.5, 0.6) is 0 Å². The Morgan fingerprint density at radius 3 is 2.19 bits per heavy atom. The predicted molar refractivity (Wildman–Crippen MR) is 206 cm³/mol. The number of rotatable bonds is 20. The van der Waals surface area contributed by atoms with Crippen LogP contribution in [0.25, 0.3) is 0 Å². The standard InChI is InChI=1S/C37H66N8O13/c38-10-8-23(47)34(51)45-22-14-21(42)30(56-35-20(41)7-6-19(15-39)53-35)32(27(22)48)58-37-33(52-13-12-44-11-9-18-4-2-1-3-5-18)31(25(17-46)55-37)57-36-26(43)29(50)28(49)24(16-40)54-36/h1-5,19-33,35-37,44,46-50H,6-17,38-43H2,(H,45,51)/t19-,20+,21-,22+,23-,24-,25+,26+,27-,28+,29+,30+,31+,32+,33+,35+,36+,37-/m0/s1. The minimum Gasteiger partial charge on any atom is -0.394 e. The molecule has 58 heavy (non-hydrogen) atoms. The van der Waals surface area contributed by atoms with Crippen molar-refractivity contribution in [1.82, 2.24) is 10.6 Å². The van der Waals surface area contributed by atoms with Crippen LogP contribution in [0.4, 0.5) is 0 Å². The largest absolute Gasteiger partial charge is 0.394 e. The van der Waals surface area contributed by atoms with Crippen LogP contribution in [0.3, 0.4) is 0 Å². The van der Waals surface area contributed by atoms with Gasteiger partial charge in [0, 0.05) is 25.7 Å². The predicted octanol–water partition coefficient (Wildman–Crippen LogP) is -6.11. The molecule has 1 aromatic carbocycles. The van der Waals surface area contributed by atoms with Crippen molar-refractivity contribution in [3.05, 3.63) is 35.9 Å². The molecule has 21 nitrogen and oxygen atoms in total. The number of aliphatic hydroxyl groups excluding tert-OH is 5. The molecular weight excluding hydrogens is 764 g/mol. The van der Waals surface area contributed by atoms with Crippen LogP contribution < -0.4 is 45.0 Å². The number of carbonyl (C=O) groups excluding carboxylic acids is 1. The van der Waals surface area contributed by atoms with E-state index >= 15 is 0 Å². The molecule has 5 rings (SSSR count). The molecule has 3 heterocycles. The molecule has 1 saturated carbocycles. The molecule has 0 bridgehead atoms. The monoisotopic (exact) mass is 830 g/mol. The number of ether oxygens (including phenoxy) is 7. The van der Waals surface area contributed by atoms with Gasteiger partial charge in [0.05, 0.1) is 37.4 Å². The van der Waals surface area contributed by atoms with E-state index in [0.29, 0.717) is 25.9 Å². The average molecular weight is 831 g/mol. The zero-order chi connectivity index (χ0) is 41.9. The first-order valence-corrected chi connectivity index (χ1v) is 20.2. The Morgan fingerprint density at radius 2 is 1.50 bits per heavy atom. The van der Waals surface area contributed by atoms with Gasteiger partial charge < -0.3 is 104 Å². The number of hydrogen-bond acceptors (Lipinski definition) is 20. The molecule has 21 heteroatoms. The minimum atomic E-state index is -1.50. The van der Waals surface area contributed by atoms with Crippen LogP contribution in [-0.4, -0.2) is 188 Å². The van der Waals surface area contributed by atoms with E-state index in [1.54, 1.807) is 0 Å². The Kier molecular flexibility index (Phi) is 18.4. The molecule has 0 spiro atoms. The summed E-state index contributed by atoms with van der Waals surface area (Å²) in [5, 5.41) is 60.0. The Hall–Kier alpha value is -2.07. The molecule has 0 radical (unpaired) electrons. The molecule has 0 aromatic heterocycles. The highest BCUT2D eigenvalue weighted by Gasteiger charge is 2.55. The van der Waals surface area contributed by atoms with Crippen LogP contribution in [0.15, 0.2) is 30.3 Å². The third-order valence-electron chi connectivity index (χ3n) is 11.2. The Balaban J connectivity index is 1.39. The van der Waals surface area contributed by atoms with E-state index in [9.17, 15) is 30.3 Å². The van der Waals surface area contributed by atoms with Gasteiger partial charge in [-0.2, -0.15) is 0 Å². The van der Waals surface area contributed by atoms with Crippen molar-refractivity contribution in [2.45, 2.75) is 142 Å². The van der Waals surface area contributed by atoms with E-state index in [2.05, 4.69) is 10.6 Å². The molecule has 1 aromatic rings. The van der Waals surface area contributed by atoms with Crippen LogP contribution in [0, 0.1) is 0 Å². The van der Waals surface area contributed by atoms with Crippen molar-refractivity contribution in [3.63, 3.8) is 0 Å². The SMILES string of the molecule is NCC[C@H](O)C(=O)N[C@@H]1C[C@H](N)[C@@H](O[C@H]2O[C@H](CN)CC[C@H]2N)[C@H](O[C@@H]2O[C@H](CO)[C@@H](O[C@H]3O[C@@H](CN)[C@@H](O)[C@H](O)[C@H]3N)[C@H]2OCCNCCc2ccccc2)[C@H]1O. The summed E-state index contributed by atoms with van der Waals surface area (Å²) in [4.78, 5) is 12.9. The summed E-state index contributed by atoms with van der Waals surface area (Å²) < 4.78 is 43.7. The van der Waals surface area contributed by atoms with Gasteiger partial charge in [0.2, 0.25) is 5.91 Å². The van der Waals surface area contributed by atoms with Gasteiger partial charge in [-0.3, -0.25) is 4.79 Å². The topological polar surface area (TPSA) is 363 Å². The second-order valence-electron chi connectivity index (χ2n) is 15.4. The summed E-state index contributed by atoms with van der Waals surface area (Å²) in [6, 6.07) is 6.23. The molecule has 3 saturated heterocycles. The van der Waals surface area contributed by atoms with Crippen LogP contribution >= 0.6 is 0 Å². The number of amides is 1. The third kappa shape index (κ3) is 11.8. The fourth-order valence-corrected chi connectivity index (χ4v) is 7.75. The summed E-state index contributed by atoms with van der Waals surface area (Å²) in [6.07, 6.45) is -14.7. The number of carbonyl (C=O) groups is 1. The fourth-order valence-electron chi connectivity index (χ4n) is 7.75. The lowest BCUT2D eigenvalue weighted by atomic mass is 9.83. The first-order chi connectivity index (χ1) is 27.9. The third-order valence-corrected chi connectivity index (χ3v) is 11.2. The van der Waals surface area contributed by atoms with Gasteiger partial charge in [0.25, 0.3) is 0 Å². The van der Waals surface area contributed by atoms with E-state index in [1.165, 1.54) is 0 Å². The Labute approximate surface area is 338 Å². The van der Waals surface area contributed by atoms with Gasteiger partial charge in [-0.05, 0) is 50.8 Å². The lowest BCUT2D eigenvalue weighted by Gasteiger charge is -2.47. The van der Waals surface area contributed by atoms with Gasteiger partial charge >= 0.3 is 0 Å². The summed E-state index contributed by atoms with van der Waals surface area (Å²) in [7, 11) is 0. The smallest absolute Gasteiger partial charge is 0.249 e. The summed E-state index contributed by atoms with van der Waals surface area (Å²) in [5.41, 5.74) is 37.8. The normalized spacial score (nSPS) is 40.0. The maximum absolute atomic E-state index is 12.9. The molecule has 0 unspecified atom stereocenters. The second kappa shape index (κ2) is 22.7. The molecule has 19 N–H and O–H groups in total. The van der Waals surface area contributed by atoms with Crippen LogP contribution in [0.2, 0.25) is 0 Å². The van der Waals surface area contributed by atoms with E-state index in [0.717, 1.165) is 12.0 Å². The van der Waals surface area contributed by atoms with Crippen molar-refractivity contribution < 1.29 is 63.5 Å². The minimum absolute atomic E-state index is 0.00749. The molecular formula is C37H66N8O13. The van der Waals surface area contributed by atoms with Crippen molar-refractivity contribution in [3.8, 4) is 0 Å². The molecule has 1 aliphatic carbocycles. The van der Waals surface area contributed by atoms with Gasteiger partial charge in [0.15, 0.2) is 18.9 Å². The van der Waals surface area contributed by atoms with Crippen LogP contribution in [-0.2, 0) is 44.4 Å². The van der Waals surface area contributed by atoms with Crippen molar-refractivity contribution in [2.75, 3.05) is 45.9 Å². The van der Waals surface area contributed by atoms with Crippen molar-refractivity contribution >= 4 is 5.91 Å². The maximum atomic E-state index is 12.9. The molecule has 18 atom stereocenters.